The van der Waals surface area contributed by atoms with Crippen molar-refractivity contribution in [1.82, 2.24) is 19.7 Å². The molecule has 122 valence electrons. The van der Waals surface area contributed by atoms with E-state index in [9.17, 15) is 0 Å². The molecular formula is C17H18N6S. The molecule has 1 aromatic carbocycles. The molecule has 3 aromatic rings. The number of hydrogen-bond acceptors (Lipinski definition) is 6. The molecule has 0 amide bonds. The van der Waals surface area contributed by atoms with E-state index in [1.54, 1.807) is 10.9 Å². The van der Waals surface area contributed by atoms with Crippen molar-refractivity contribution >= 4 is 23.5 Å². The number of aryl methyl sites for hydroxylation is 1. The second kappa shape index (κ2) is 6.52. The van der Waals surface area contributed by atoms with Gasteiger partial charge in [-0.25, -0.2) is 4.68 Å². The summed E-state index contributed by atoms with van der Waals surface area (Å²) in [5.74, 6) is 2.76. The Kier molecular flexibility index (Phi) is 4.08. The van der Waals surface area contributed by atoms with Crippen LogP contribution in [0.3, 0.4) is 0 Å². The summed E-state index contributed by atoms with van der Waals surface area (Å²) < 4.78 is 1.67. The molecular weight excluding hydrogens is 320 g/mol. The number of benzene rings is 1. The Morgan fingerprint density at radius 2 is 2.17 bits per heavy atom. The number of hydrogen-bond donors (Lipinski definition) is 2. The highest BCUT2D eigenvalue weighted by molar-refractivity contribution is 7.99. The van der Waals surface area contributed by atoms with Gasteiger partial charge in [-0.15, -0.1) is 0 Å². The fraction of sp³-hybridized carbons (Fsp3) is 0.235. The van der Waals surface area contributed by atoms with E-state index in [0.717, 1.165) is 24.5 Å². The van der Waals surface area contributed by atoms with Gasteiger partial charge >= 0.3 is 0 Å². The van der Waals surface area contributed by atoms with Gasteiger partial charge in [-0.3, -0.25) is 0 Å². The Morgan fingerprint density at radius 3 is 3.04 bits per heavy atom. The smallest absolute Gasteiger partial charge is 0.224 e. The molecule has 7 heteroatoms. The number of anilines is 2. The van der Waals surface area contributed by atoms with Gasteiger partial charge in [0.25, 0.3) is 0 Å². The lowest BCUT2D eigenvalue weighted by molar-refractivity contribution is 0.841. The average Bonchev–Trinajstić information content (AvgIpc) is 3.14. The Balaban J connectivity index is 1.53. The number of thioether (sulfide) groups is 1. The van der Waals surface area contributed by atoms with E-state index in [1.807, 2.05) is 30.1 Å². The van der Waals surface area contributed by atoms with Crippen LogP contribution in [0.5, 0.6) is 0 Å². The number of nitrogen functional groups attached to an aromatic ring is 1. The van der Waals surface area contributed by atoms with E-state index < -0.39 is 0 Å². The third kappa shape index (κ3) is 3.07. The second-order valence-corrected chi connectivity index (χ2v) is 6.92. The van der Waals surface area contributed by atoms with Gasteiger partial charge in [0.2, 0.25) is 5.95 Å². The lowest BCUT2D eigenvalue weighted by atomic mass is 10.0. The maximum atomic E-state index is 5.84. The zero-order chi connectivity index (χ0) is 16.4. The fourth-order valence-corrected chi connectivity index (χ4v) is 4.14. The van der Waals surface area contributed by atoms with Crippen LogP contribution in [0.15, 0.2) is 48.8 Å². The van der Waals surface area contributed by atoms with Crippen LogP contribution in [0.4, 0.5) is 11.8 Å². The van der Waals surface area contributed by atoms with Gasteiger partial charge < -0.3 is 11.1 Å². The van der Waals surface area contributed by atoms with E-state index >= 15 is 0 Å². The zero-order valence-electron chi connectivity index (χ0n) is 13.1. The van der Waals surface area contributed by atoms with Crippen LogP contribution in [0.25, 0.3) is 5.82 Å². The number of nitrogens with zero attached hydrogens (tertiary/aromatic N) is 4. The first-order chi connectivity index (χ1) is 11.8. The molecule has 0 saturated carbocycles. The number of nitrogens with one attached hydrogen (secondary N) is 1. The Morgan fingerprint density at radius 1 is 1.25 bits per heavy atom. The molecule has 2 aromatic heterocycles. The van der Waals surface area contributed by atoms with Crippen LogP contribution in [0.2, 0.25) is 0 Å². The number of rotatable bonds is 4. The van der Waals surface area contributed by atoms with Crippen molar-refractivity contribution in [3.63, 3.8) is 0 Å². The maximum Gasteiger partial charge on any atom is 0.224 e. The minimum Gasteiger partial charge on any atom is -0.368 e. The van der Waals surface area contributed by atoms with Crippen LogP contribution in [-0.2, 0) is 6.42 Å². The molecule has 0 saturated heterocycles. The summed E-state index contributed by atoms with van der Waals surface area (Å²) in [6.45, 7) is 0.802. The molecule has 3 heterocycles. The summed E-state index contributed by atoms with van der Waals surface area (Å²) in [4.78, 5) is 8.52. The van der Waals surface area contributed by atoms with E-state index in [-0.39, 0.29) is 5.95 Å². The largest absolute Gasteiger partial charge is 0.368 e. The predicted octanol–water partition coefficient (Wildman–Crippen LogP) is 2.69. The lowest BCUT2D eigenvalue weighted by Gasteiger charge is -2.25. The molecule has 0 fully saturated rings. The highest BCUT2D eigenvalue weighted by Gasteiger charge is 2.20. The molecule has 0 spiro atoms. The normalized spacial score (nSPS) is 16.6. The Labute approximate surface area is 144 Å². The van der Waals surface area contributed by atoms with Crippen molar-refractivity contribution in [2.24, 2.45) is 0 Å². The molecule has 3 N–H and O–H groups in total. The zero-order valence-corrected chi connectivity index (χ0v) is 13.9. The molecule has 4 rings (SSSR count). The Hall–Kier alpha value is -2.54. The summed E-state index contributed by atoms with van der Waals surface area (Å²) in [5, 5.41) is 8.01. The topological polar surface area (TPSA) is 81.6 Å². The van der Waals surface area contributed by atoms with Crippen LogP contribution < -0.4 is 11.1 Å². The first-order valence-corrected chi connectivity index (χ1v) is 8.92. The van der Waals surface area contributed by atoms with Crippen molar-refractivity contribution in [1.29, 1.82) is 0 Å². The van der Waals surface area contributed by atoms with Gasteiger partial charge in [0.15, 0.2) is 5.82 Å². The summed E-state index contributed by atoms with van der Waals surface area (Å²) in [5.41, 5.74) is 8.70. The van der Waals surface area contributed by atoms with Gasteiger partial charge in [0, 0.05) is 30.3 Å². The highest BCUT2D eigenvalue weighted by Crippen LogP contribution is 2.36. The minimum absolute atomic E-state index is 0.238. The minimum atomic E-state index is 0.238. The van der Waals surface area contributed by atoms with Crippen molar-refractivity contribution in [3.8, 4) is 5.82 Å². The van der Waals surface area contributed by atoms with Gasteiger partial charge in [0.05, 0.1) is 0 Å². The van der Waals surface area contributed by atoms with Gasteiger partial charge in [-0.1, -0.05) is 24.3 Å². The second-order valence-electron chi connectivity index (χ2n) is 5.61. The number of fused-ring (bicyclic) bond motifs is 1. The summed E-state index contributed by atoms with van der Waals surface area (Å²) in [6.07, 6.45) is 4.68. The molecule has 1 aliphatic rings. The number of aromatic nitrogens is 4. The standard InChI is InChI=1S/C17H18N6S/c18-17-21-15(10-16(22-17)23-8-3-7-20-23)19-11-14-13-5-2-1-4-12(13)6-9-24-14/h1-5,7-8,10,14H,6,9,11H2,(H3,18,19,21,22). The van der Waals surface area contributed by atoms with Crippen LogP contribution in [0, 0.1) is 0 Å². The summed E-state index contributed by atoms with van der Waals surface area (Å²) in [6, 6.07) is 12.4. The molecule has 0 radical (unpaired) electrons. The average molecular weight is 338 g/mol. The van der Waals surface area contributed by atoms with Crippen molar-refractivity contribution in [2.45, 2.75) is 11.7 Å². The quantitative estimate of drug-likeness (QED) is 0.761. The van der Waals surface area contributed by atoms with Crippen LogP contribution >= 0.6 is 11.8 Å². The van der Waals surface area contributed by atoms with Gasteiger partial charge in [-0.2, -0.15) is 26.8 Å². The molecule has 24 heavy (non-hydrogen) atoms. The molecule has 0 aliphatic carbocycles. The Bertz CT molecular complexity index is 833. The predicted molar refractivity (Wildman–Crippen MR) is 97.4 cm³/mol. The fourth-order valence-electron chi connectivity index (χ4n) is 2.91. The number of nitrogens with two attached hydrogens (primary N) is 1. The third-order valence-corrected chi connectivity index (χ3v) is 5.29. The molecule has 6 nitrogen and oxygen atoms in total. The summed E-state index contributed by atoms with van der Waals surface area (Å²) in [7, 11) is 0. The molecule has 1 unspecified atom stereocenters. The van der Waals surface area contributed by atoms with E-state index in [1.165, 1.54) is 11.1 Å². The molecule has 1 atom stereocenters. The third-order valence-electron chi connectivity index (χ3n) is 4.03. The highest BCUT2D eigenvalue weighted by atomic mass is 32.2. The molecule has 0 bridgehead atoms. The van der Waals surface area contributed by atoms with Crippen molar-refractivity contribution in [2.75, 3.05) is 23.3 Å². The van der Waals surface area contributed by atoms with E-state index in [2.05, 4.69) is 44.6 Å². The van der Waals surface area contributed by atoms with Gasteiger partial charge in [0.1, 0.15) is 5.82 Å². The maximum absolute atomic E-state index is 5.84. The summed E-state index contributed by atoms with van der Waals surface area (Å²) >= 11 is 1.98. The molecule has 1 aliphatic heterocycles. The van der Waals surface area contributed by atoms with Gasteiger partial charge in [-0.05, 0) is 29.4 Å². The van der Waals surface area contributed by atoms with E-state index in [4.69, 9.17) is 5.73 Å². The first-order valence-electron chi connectivity index (χ1n) is 7.87. The van der Waals surface area contributed by atoms with E-state index in [0.29, 0.717) is 11.1 Å². The lowest BCUT2D eigenvalue weighted by Crippen LogP contribution is -2.17. The van der Waals surface area contributed by atoms with Crippen LogP contribution in [-0.4, -0.2) is 32.0 Å². The first kappa shape index (κ1) is 15.0. The SMILES string of the molecule is Nc1nc(NCC2SCCc3ccccc32)cc(-n2cccn2)n1. The monoisotopic (exact) mass is 338 g/mol. The van der Waals surface area contributed by atoms with Crippen molar-refractivity contribution < 1.29 is 0 Å². The van der Waals surface area contributed by atoms with Crippen molar-refractivity contribution in [3.05, 3.63) is 59.9 Å². The van der Waals surface area contributed by atoms with Crippen LogP contribution in [0.1, 0.15) is 16.4 Å².